The minimum Gasteiger partial charge on any atom is -0.494 e. The molecule has 7 heteroatoms. The molecule has 0 fully saturated rings. The number of carbonyl (C=O) groups is 1. The van der Waals surface area contributed by atoms with Gasteiger partial charge in [0.05, 0.1) is 12.2 Å². The van der Waals surface area contributed by atoms with Gasteiger partial charge < -0.3 is 10.1 Å². The van der Waals surface area contributed by atoms with Gasteiger partial charge in [0.1, 0.15) is 5.75 Å². The molecule has 1 amide bonds. The van der Waals surface area contributed by atoms with Crippen molar-refractivity contribution < 1.29 is 9.53 Å². The van der Waals surface area contributed by atoms with Crippen LogP contribution >= 0.6 is 0 Å². The smallest absolute Gasteiger partial charge is 0.347 e. The zero-order valence-electron chi connectivity index (χ0n) is 11.9. The Morgan fingerprint density at radius 3 is 2.77 bits per heavy atom. The summed E-state index contributed by atoms with van der Waals surface area (Å²) in [6.45, 7) is 2.49. The molecular weight excluding hydrogens is 284 g/mol. The van der Waals surface area contributed by atoms with E-state index >= 15 is 0 Å². The van der Waals surface area contributed by atoms with Crippen LogP contribution in [0.1, 0.15) is 17.3 Å². The lowest BCUT2D eigenvalue weighted by Gasteiger charge is -2.07. The summed E-state index contributed by atoms with van der Waals surface area (Å²) in [4.78, 5) is 23.7. The number of H-pyrrole nitrogens is 1. The van der Waals surface area contributed by atoms with Crippen LogP contribution in [0.15, 0.2) is 47.4 Å². The van der Waals surface area contributed by atoms with E-state index in [1.807, 2.05) is 6.92 Å². The van der Waals surface area contributed by atoms with Crippen molar-refractivity contribution in [1.29, 1.82) is 0 Å². The van der Waals surface area contributed by atoms with Crippen molar-refractivity contribution in [3.8, 4) is 5.75 Å². The van der Waals surface area contributed by atoms with Crippen molar-refractivity contribution in [2.24, 2.45) is 0 Å². The van der Waals surface area contributed by atoms with Gasteiger partial charge in [0.25, 0.3) is 5.91 Å². The largest absolute Gasteiger partial charge is 0.494 e. The van der Waals surface area contributed by atoms with Crippen LogP contribution in [-0.2, 0) is 0 Å². The molecule has 7 nitrogen and oxygen atoms in total. The number of nitrogens with zero attached hydrogens (tertiary/aromatic N) is 2. The number of amides is 1. The topological polar surface area (TPSA) is 88.5 Å². The van der Waals surface area contributed by atoms with Gasteiger partial charge in [0, 0.05) is 11.9 Å². The second-order valence-corrected chi connectivity index (χ2v) is 4.59. The van der Waals surface area contributed by atoms with Crippen LogP contribution in [-0.4, -0.2) is 27.1 Å². The molecule has 3 rings (SSSR count). The van der Waals surface area contributed by atoms with E-state index in [1.165, 1.54) is 10.6 Å². The van der Waals surface area contributed by atoms with E-state index in [2.05, 4.69) is 15.5 Å². The summed E-state index contributed by atoms with van der Waals surface area (Å²) in [5.41, 5.74) is 1.09. The number of nitrogens with one attached hydrogen (secondary N) is 2. The molecule has 0 saturated carbocycles. The summed E-state index contributed by atoms with van der Waals surface area (Å²) < 4.78 is 6.63. The molecule has 0 aliphatic carbocycles. The number of rotatable bonds is 4. The molecule has 3 aromatic rings. The summed E-state index contributed by atoms with van der Waals surface area (Å²) in [5, 5.41) is 8.90. The molecule has 0 radical (unpaired) electrons. The molecule has 0 aliphatic heterocycles. The maximum Gasteiger partial charge on any atom is 0.347 e. The normalized spacial score (nSPS) is 10.6. The van der Waals surface area contributed by atoms with Crippen molar-refractivity contribution >= 4 is 17.2 Å². The average molecular weight is 298 g/mol. The molecule has 0 atom stereocenters. The van der Waals surface area contributed by atoms with Gasteiger partial charge in [0.15, 0.2) is 5.65 Å². The molecule has 22 heavy (non-hydrogen) atoms. The van der Waals surface area contributed by atoms with E-state index in [1.54, 1.807) is 36.4 Å². The number of aromatic nitrogens is 3. The lowest BCUT2D eigenvalue weighted by atomic mass is 10.2. The summed E-state index contributed by atoms with van der Waals surface area (Å²) in [6, 6.07) is 10.3. The Bertz CT molecular complexity index is 864. The fourth-order valence-electron chi connectivity index (χ4n) is 2.04. The first-order valence-electron chi connectivity index (χ1n) is 6.78. The van der Waals surface area contributed by atoms with Gasteiger partial charge in [-0.2, -0.15) is 5.10 Å². The summed E-state index contributed by atoms with van der Waals surface area (Å²) in [5.74, 6) is 0.436. The van der Waals surface area contributed by atoms with Crippen LogP contribution in [0, 0.1) is 0 Å². The Balaban J connectivity index is 1.80. The summed E-state index contributed by atoms with van der Waals surface area (Å²) >= 11 is 0. The lowest BCUT2D eigenvalue weighted by molar-refractivity contribution is 0.102. The van der Waals surface area contributed by atoms with Crippen LogP contribution in [0.3, 0.4) is 0 Å². The van der Waals surface area contributed by atoms with Crippen LogP contribution in [0.5, 0.6) is 5.75 Å². The van der Waals surface area contributed by atoms with E-state index in [4.69, 9.17) is 4.74 Å². The van der Waals surface area contributed by atoms with Crippen molar-refractivity contribution in [2.45, 2.75) is 6.92 Å². The number of hydrogen-bond acceptors (Lipinski definition) is 4. The third-order valence-electron chi connectivity index (χ3n) is 3.10. The third kappa shape index (κ3) is 2.69. The number of ether oxygens (including phenoxy) is 1. The SMILES string of the molecule is CCOc1ccc(NC(=O)c2ccc3n[nH]c(=O)n3c2)cc1. The van der Waals surface area contributed by atoms with E-state index in [9.17, 15) is 9.59 Å². The highest BCUT2D eigenvalue weighted by Crippen LogP contribution is 2.16. The standard InChI is InChI=1S/C15H14N4O3/c1-2-22-12-6-4-11(5-7-12)16-14(20)10-3-8-13-17-18-15(21)19(13)9-10/h3-9H,2H2,1H3,(H,16,20)(H,18,21). The van der Waals surface area contributed by atoms with Gasteiger partial charge >= 0.3 is 5.69 Å². The summed E-state index contributed by atoms with van der Waals surface area (Å²) in [6.07, 6.45) is 1.45. The number of anilines is 1. The van der Waals surface area contributed by atoms with Gasteiger partial charge in [-0.25, -0.2) is 14.3 Å². The van der Waals surface area contributed by atoms with Gasteiger partial charge in [0.2, 0.25) is 0 Å². The van der Waals surface area contributed by atoms with Crippen LogP contribution in [0.2, 0.25) is 0 Å². The van der Waals surface area contributed by atoms with Crippen molar-refractivity contribution in [2.75, 3.05) is 11.9 Å². The van der Waals surface area contributed by atoms with Gasteiger partial charge in [-0.15, -0.1) is 0 Å². The molecule has 2 aromatic heterocycles. The number of pyridine rings is 1. The lowest BCUT2D eigenvalue weighted by Crippen LogP contribution is -2.15. The van der Waals surface area contributed by atoms with Gasteiger partial charge in [-0.1, -0.05) is 0 Å². The Hall–Kier alpha value is -3.09. The highest BCUT2D eigenvalue weighted by atomic mass is 16.5. The number of fused-ring (bicyclic) bond motifs is 1. The minimum atomic E-state index is -0.384. The zero-order chi connectivity index (χ0) is 15.5. The quantitative estimate of drug-likeness (QED) is 0.767. The minimum absolute atomic E-state index is 0.306. The number of benzene rings is 1. The van der Waals surface area contributed by atoms with Crippen LogP contribution in [0.25, 0.3) is 5.65 Å². The Morgan fingerprint density at radius 1 is 1.27 bits per heavy atom. The predicted molar refractivity (Wildman–Crippen MR) is 81.4 cm³/mol. The van der Waals surface area contributed by atoms with Gasteiger partial charge in [-0.05, 0) is 43.3 Å². The second kappa shape index (κ2) is 5.72. The van der Waals surface area contributed by atoms with Crippen LogP contribution in [0.4, 0.5) is 5.69 Å². The highest BCUT2D eigenvalue weighted by Gasteiger charge is 2.09. The molecule has 112 valence electrons. The molecular formula is C15H14N4O3. The first kappa shape index (κ1) is 13.9. The van der Waals surface area contributed by atoms with Crippen molar-refractivity contribution in [1.82, 2.24) is 14.6 Å². The Kier molecular flexibility index (Phi) is 3.61. The monoisotopic (exact) mass is 298 g/mol. The fourth-order valence-corrected chi connectivity index (χ4v) is 2.04. The zero-order valence-corrected chi connectivity index (χ0v) is 11.9. The number of carbonyl (C=O) groups excluding carboxylic acids is 1. The average Bonchev–Trinajstić information content (AvgIpc) is 2.90. The molecule has 0 saturated heterocycles. The maximum atomic E-state index is 12.2. The second-order valence-electron chi connectivity index (χ2n) is 4.59. The van der Waals surface area contributed by atoms with E-state index in [0.717, 1.165) is 5.75 Å². The fraction of sp³-hybridized carbons (Fsp3) is 0.133. The number of hydrogen-bond donors (Lipinski definition) is 2. The van der Waals surface area contributed by atoms with E-state index < -0.39 is 0 Å². The Morgan fingerprint density at radius 2 is 2.05 bits per heavy atom. The highest BCUT2D eigenvalue weighted by molar-refractivity contribution is 6.04. The molecule has 2 heterocycles. The van der Waals surface area contributed by atoms with Crippen molar-refractivity contribution in [3.63, 3.8) is 0 Å². The molecule has 2 N–H and O–H groups in total. The van der Waals surface area contributed by atoms with E-state index in [0.29, 0.717) is 23.5 Å². The molecule has 1 aromatic carbocycles. The summed E-state index contributed by atoms with van der Waals surface area (Å²) in [7, 11) is 0. The molecule has 0 spiro atoms. The Labute approximate surface area is 125 Å². The maximum absolute atomic E-state index is 12.2. The number of aromatic amines is 1. The first-order valence-corrected chi connectivity index (χ1v) is 6.78. The third-order valence-corrected chi connectivity index (χ3v) is 3.10. The van der Waals surface area contributed by atoms with Gasteiger partial charge in [-0.3, -0.25) is 4.79 Å². The predicted octanol–water partition coefficient (Wildman–Crippen LogP) is 1.67. The molecule has 0 unspecified atom stereocenters. The molecule has 0 aliphatic rings. The van der Waals surface area contributed by atoms with Crippen molar-refractivity contribution in [3.05, 3.63) is 58.6 Å². The van der Waals surface area contributed by atoms with Crippen LogP contribution < -0.4 is 15.7 Å². The molecule has 0 bridgehead atoms. The van der Waals surface area contributed by atoms with E-state index in [-0.39, 0.29) is 11.6 Å². The first-order chi connectivity index (χ1) is 10.7.